The number of hydrogen-bond donors (Lipinski definition) is 1. The topological polar surface area (TPSA) is 55.0 Å². The van der Waals surface area contributed by atoms with Gasteiger partial charge in [0.2, 0.25) is 0 Å². The molecule has 0 aliphatic rings. The summed E-state index contributed by atoms with van der Waals surface area (Å²) >= 11 is 3.24. The number of rotatable bonds is 6. The van der Waals surface area contributed by atoms with Crippen LogP contribution >= 0.6 is 23.1 Å². The molecular formula is C22H20N2O2S2. The first kappa shape index (κ1) is 18.8. The van der Waals surface area contributed by atoms with Crippen LogP contribution in [0, 0.1) is 6.92 Å². The molecule has 4 rings (SSSR count). The highest BCUT2D eigenvalue weighted by atomic mass is 32.2. The van der Waals surface area contributed by atoms with Crippen molar-refractivity contribution >= 4 is 33.3 Å². The summed E-state index contributed by atoms with van der Waals surface area (Å²) in [7, 11) is 1.67. The summed E-state index contributed by atoms with van der Waals surface area (Å²) in [4.78, 5) is 21.2. The van der Waals surface area contributed by atoms with E-state index in [0.717, 1.165) is 27.5 Å². The van der Waals surface area contributed by atoms with Gasteiger partial charge in [-0.25, -0.2) is 4.98 Å². The van der Waals surface area contributed by atoms with Gasteiger partial charge in [0.15, 0.2) is 0 Å². The van der Waals surface area contributed by atoms with E-state index in [1.165, 1.54) is 22.5 Å². The van der Waals surface area contributed by atoms with E-state index in [0.29, 0.717) is 17.0 Å². The summed E-state index contributed by atoms with van der Waals surface area (Å²) in [6, 6.07) is 16.2. The Morgan fingerprint density at radius 1 is 1.14 bits per heavy atom. The van der Waals surface area contributed by atoms with Crippen molar-refractivity contribution in [3.05, 3.63) is 81.2 Å². The number of nitrogens with zero attached hydrogens (tertiary/aromatic N) is 1. The van der Waals surface area contributed by atoms with E-state index in [2.05, 4.69) is 35.1 Å². The Hall–Kier alpha value is -2.57. The summed E-state index contributed by atoms with van der Waals surface area (Å²) in [5.41, 5.74) is 4.31. The van der Waals surface area contributed by atoms with Gasteiger partial charge in [0.1, 0.15) is 16.4 Å². The van der Waals surface area contributed by atoms with Gasteiger partial charge < -0.3 is 9.72 Å². The maximum absolute atomic E-state index is 12.7. The third kappa shape index (κ3) is 3.98. The first-order valence-corrected chi connectivity index (χ1v) is 11.0. The quantitative estimate of drug-likeness (QED) is 0.464. The number of H-pyrrole nitrogens is 1. The molecule has 0 bridgehead atoms. The molecule has 0 spiro atoms. The van der Waals surface area contributed by atoms with Crippen LogP contribution in [0.2, 0.25) is 0 Å². The Morgan fingerprint density at radius 2 is 1.96 bits per heavy atom. The van der Waals surface area contributed by atoms with Crippen LogP contribution in [0.1, 0.15) is 17.0 Å². The predicted octanol–water partition coefficient (Wildman–Crippen LogP) is 5.40. The zero-order chi connectivity index (χ0) is 19.5. The number of nitrogens with one attached hydrogen (secondary N) is 1. The molecule has 4 aromatic rings. The fourth-order valence-electron chi connectivity index (χ4n) is 3.04. The van der Waals surface area contributed by atoms with Gasteiger partial charge in [0.25, 0.3) is 5.56 Å². The molecule has 2 aromatic heterocycles. The van der Waals surface area contributed by atoms with Gasteiger partial charge in [-0.3, -0.25) is 4.79 Å². The van der Waals surface area contributed by atoms with Crippen molar-refractivity contribution in [3.63, 3.8) is 0 Å². The Labute approximate surface area is 171 Å². The molecule has 0 saturated carbocycles. The molecule has 0 unspecified atom stereocenters. The van der Waals surface area contributed by atoms with Gasteiger partial charge in [-0.2, -0.15) is 0 Å². The molecule has 142 valence electrons. The van der Waals surface area contributed by atoms with E-state index < -0.39 is 0 Å². The van der Waals surface area contributed by atoms with Gasteiger partial charge in [0.05, 0.1) is 18.2 Å². The molecule has 6 heteroatoms. The molecule has 0 fully saturated rings. The number of methoxy groups -OCH3 is 1. The number of hydrogen-bond acceptors (Lipinski definition) is 5. The van der Waals surface area contributed by atoms with Crippen molar-refractivity contribution < 1.29 is 4.74 Å². The zero-order valence-electron chi connectivity index (χ0n) is 15.7. The van der Waals surface area contributed by atoms with E-state index in [-0.39, 0.29) is 5.56 Å². The van der Waals surface area contributed by atoms with Gasteiger partial charge >= 0.3 is 0 Å². The smallest absolute Gasteiger partial charge is 0.260 e. The summed E-state index contributed by atoms with van der Waals surface area (Å²) in [6.07, 6.45) is 0. The monoisotopic (exact) mass is 408 g/mol. The normalized spacial score (nSPS) is 11.1. The van der Waals surface area contributed by atoms with Crippen molar-refractivity contribution in [3.8, 4) is 16.9 Å². The lowest BCUT2D eigenvalue weighted by molar-refractivity contribution is 0.414. The highest BCUT2D eigenvalue weighted by Gasteiger charge is 2.13. The largest absolute Gasteiger partial charge is 0.497 e. The molecule has 2 aromatic carbocycles. The van der Waals surface area contributed by atoms with Crippen LogP contribution in [-0.2, 0) is 11.5 Å². The molecule has 4 nitrogen and oxygen atoms in total. The van der Waals surface area contributed by atoms with E-state index in [9.17, 15) is 4.79 Å². The SMILES string of the molecule is COc1cccc(CSCc2nc3scc(-c4ccc(C)cc4)c3c(=O)[nH]2)c1. The second kappa shape index (κ2) is 8.20. The molecule has 0 aliphatic carbocycles. The van der Waals surface area contributed by atoms with Crippen LogP contribution in [0.3, 0.4) is 0 Å². The fourth-order valence-corrected chi connectivity index (χ4v) is 4.85. The third-order valence-electron chi connectivity index (χ3n) is 4.50. The second-order valence-electron chi connectivity index (χ2n) is 6.55. The summed E-state index contributed by atoms with van der Waals surface area (Å²) in [6.45, 7) is 2.05. The van der Waals surface area contributed by atoms with Crippen LogP contribution in [0.25, 0.3) is 21.3 Å². The number of aryl methyl sites for hydroxylation is 1. The average Bonchev–Trinajstić information content (AvgIpc) is 3.13. The molecule has 28 heavy (non-hydrogen) atoms. The maximum atomic E-state index is 12.7. The van der Waals surface area contributed by atoms with Crippen molar-refractivity contribution in [2.45, 2.75) is 18.4 Å². The van der Waals surface area contributed by atoms with E-state index >= 15 is 0 Å². The van der Waals surface area contributed by atoms with Crippen molar-refractivity contribution in [1.82, 2.24) is 9.97 Å². The fraction of sp³-hybridized carbons (Fsp3) is 0.182. The molecular weight excluding hydrogens is 388 g/mol. The third-order valence-corrected chi connectivity index (χ3v) is 6.38. The lowest BCUT2D eigenvalue weighted by Crippen LogP contribution is -2.10. The molecule has 1 N–H and O–H groups in total. The number of fused-ring (bicyclic) bond motifs is 1. The van der Waals surface area contributed by atoms with Gasteiger partial charge in [0, 0.05) is 16.7 Å². The zero-order valence-corrected chi connectivity index (χ0v) is 17.3. The summed E-state index contributed by atoms with van der Waals surface area (Å²) < 4.78 is 5.26. The Bertz CT molecular complexity index is 1160. The van der Waals surface area contributed by atoms with Crippen LogP contribution in [0.4, 0.5) is 0 Å². The second-order valence-corrected chi connectivity index (χ2v) is 8.40. The first-order chi connectivity index (χ1) is 13.6. The Morgan fingerprint density at radius 3 is 2.75 bits per heavy atom. The average molecular weight is 409 g/mol. The van der Waals surface area contributed by atoms with Crippen LogP contribution in [0.15, 0.2) is 58.7 Å². The molecule has 0 radical (unpaired) electrons. The predicted molar refractivity (Wildman–Crippen MR) is 118 cm³/mol. The molecule has 0 amide bonds. The highest BCUT2D eigenvalue weighted by Crippen LogP contribution is 2.31. The highest BCUT2D eigenvalue weighted by molar-refractivity contribution is 7.97. The minimum atomic E-state index is -0.0706. The number of aromatic nitrogens is 2. The van der Waals surface area contributed by atoms with Gasteiger partial charge in [-0.1, -0.05) is 42.0 Å². The van der Waals surface area contributed by atoms with Crippen molar-refractivity contribution in [2.75, 3.05) is 7.11 Å². The number of aromatic amines is 1. The lowest BCUT2D eigenvalue weighted by atomic mass is 10.1. The summed E-state index contributed by atoms with van der Waals surface area (Å²) in [5, 5.41) is 2.69. The van der Waals surface area contributed by atoms with E-state index in [1.54, 1.807) is 18.9 Å². The number of benzene rings is 2. The Balaban J connectivity index is 1.53. The van der Waals surface area contributed by atoms with Crippen LogP contribution in [0.5, 0.6) is 5.75 Å². The molecule has 2 heterocycles. The van der Waals surface area contributed by atoms with E-state index in [4.69, 9.17) is 4.74 Å². The molecule has 0 aliphatic heterocycles. The van der Waals surface area contributed by atoms with Crippen LogP contribution in [-0.4, -0.2) is 17.1 Å². The standard InChI is InChI=1S/C22H20N2O2S2/c1-14-6-8-16(9-7-14)18-12-28-22-20(18)21(25)23-19(24-22)13-27-11-15-4-3-5-17(10-15)26-2/h3-10,12H,11,13H2,1-2H3,(H,23,24,25). The first-order valence-electron chi connectivity index (χ1n) is 8.92. The van der Waals surface area contributed by atoms with E-state index in [1.807, 2.05) is 35.7 Å². The van der Waals surface area contributed by atoms with Crippen molar-refractivity contribution in [1.29, 1.82) is 0 Å². The summed E-state index contributed by atoms with van der Waals surface area (Å²) in [5.74, 6) is 3.05. The Kier molecular flexibility index (Phi) is 5.50. The molecule has 0 atom stereocenters. The number of thiophene rings is 1. The minimum absolute atomic E-state index is 0.0706. The molecule has 0 saturated heterocycles. The number of ether oxygens (including phenoxy) is 1. The van der Waals surface area contributed by atoms with Gasteiger partial charge in [-0.15, -0.1) is 23.1 Å². The van der Waals surface area contributed by atoms with Crippen LogP contribution < -0.4 is 10.3 Å². The van der Waals surface area contributed by atoms with Gasteiger partial charge in [-0.05, 0) is 30.2 Å². The lowest BCUT2D eigenvalue weighted by Gasteiger charge is -2.05. The maximum Gasteiger partial charge on any atom is 0.260 e. The number of thioether (sulfide) groups is 1. The van der Waals surface area contributed by atoms with Crippen molar-refractivity contribution in [2.24, 2.45) is 0 Å². The minimum Gasteiger partial charge on any atom is -0.497 e.